The molecular weight excluding hydrogens is 372 g/mol. The lowest BCUT2D eigenvalue weighted by atomic mass is 9.62. The fourth-order valence-corrected chi connectivity index (χ4v) is 4.38. The van der Waals surface area contributed by atoms with Crippen LogP contribution in [0.25, 0.3) is 0 Å². The predicted octanol–water partition coefficient (Wildman–Crippen LogP) is 3.76. The molecule has 2 heterocycles. The van der Waals surface area contributed by atoms with Gasteiger partial charge in [0, 0.05) is 42.0 Å². The Morgan fingerprint density at radius 3 is 2.23 bits per heavy atom. The van der Waals surface area contributed by atoms with Crippen molar-refractivity contribution in [1.29, 1.82) is 0 Å². The first-order valence-corrected chi connectivity index (χ1v) is 10.7. The van der Waals surface area contributed by atoms with E-state index in [-0.39, 0.29) is 11.3 Å². The van der Waals surface area contributed by atoms with E-state index in [1.807, 2.05) is 32.0 Å². The minimum atomic E-state index is -1.18. The first kappa shape index (κ1) is 22.5. The second kappa shape index (κ2) is 8.51. The average molecular weight is 407 g/mol. The molecule has 0 spiro atoms. The molecule has 1 saturated heterocycles. The van der Waals surface area contributed by atoms with Crippen molar-refractivity contribution in [3.8, 4) is 11.8 Å². The van der Waals surface area contributed by atoms with Crippen molar-refractivity contribution in [2.75, 3.05) is 20.1 Å². The maximum atomic E-state index is 12.2. The third-order valence-corrected chi connectivity index (χ3v) is 6.26. The first-order chi connectivity index (χ1) is 14.1. The van der Waals surface area contributed by atoms with Crippen LogP contribution in [0.5, 0.6) is 0 Å². The summed E-state index contributed by atoms with van der Waals surface area (Å²) < 4.78 is 0. The van der Waals surface area contributed by atoms with Gasteiger partial charge in [-0.3, -0.25) is 4.98 Å². The smallest absolute Gasteiger partial charge is 0.124 e. The number of nitrogens with zero attached hydrogens (tertiary/aromatic N) is 2. The SMILES string of the molecule is CC(C)c1ccc([C@](O)(c2cncc(C#CC(O)C(C)C)c2)C2(C)CN(C)C2)cc1. The second-order valence-electron chi connectivity index (χ2n) is 9.64. The van der Waals surface area contributed by atoms with Gasteiger partial charge in [-0.2, -0.15) is 0 Å². The van der Waals surface area contributed by atoms with Gasteiger partial charge in [0.25, 0.3) is 0 Å². The summed E-state index contributed by atoms with van der Waals surface area (Å²) in [7, 11) is 2.07. The molecule has 1 aliphatic rings. The molecule has 2 atom stereocenters. The standard InChI is InChI=1S/C26H34N2O2/c1-18(2)21-8-10-22(11-9-21)26(30,25(5)16-28(6)17-25)23-13-20(14-27-15-23)7-12-24(29)19(3)4/h8-11,13-15,18-19,24,29-30H,16-17H2,1-6H3/t24?,26-/m0/s1. The summed E-state index contributed by atoms with van der Waals surface area (Å²) in [6, 6.07) is 10.2. The molecular formula is C26H34N2O2. The van der Waals surface area contributed by atoms with Crippen molar-refractivity contribution >= 4 is 0 Å². The maximum Gasteiger partial charge on any atom is 0.124 e. The van der Waals surface area contributed by atoms with Crippen molar-refractivity contribution in [3.05, 3.63) is 65.0 Å². The molecule has 0 saturated carbocycles. The Hall–Kier alpha value is -2.19. The number of aliphatic hydroxyl groups excluding tert-OH is 1. The zero-order valence-electron chi connectivity index (χ0n) is 19.0. The predicted molar refractivity (Wildman–Crippen MR) is 121 cm³/mol. The molecule has 0 radical (unpaired) electrons. The Bertz CT molecular complexity index is 933. The van der Waals surface area contributed by atoms with Crippen LogP contribution in [-0.4, -0.2) is 46.3 Å². The summed E-state index contributed by atoms with van der Waals surface area (Å²) in [6.45, 7) is 11.9. The van der Waals surface area contributed by atoms with Crippen molar-refractivity contribution in [1.82, 2.24) is 9.88 Å². The van der Waals surface area contributed by atoms with Gasteiger partial charge in [-0.15, -0.1) is 0 Å². The van der Waals surface area contributed by atoms with Gasteiger partial charge in [0.2, 0.25) is 0 Å². The van der Waals surface area contributed by atoms with E-state index >= 15 is 0 Å². The summed E-state index contributed by atoms with van der Waals surface area (Å²) in [5.41, 5.74) is 2.03. The van der Waals surface area contributed by atoms with Gasteiger partial charge in [-0.05, 0) is 36.1 Å². The van der Waals surface area contributed by atoms with Crippen LogP contribution >= 0.6 is 0 Å². The zero-order valence-corrected chi connectivity index (χ0v) is 19.0. The van der Waals surface area contributed by atoms with E-state index in [1.54, 1.807) is 12.4 Å². The lowest BCUT2D eigenvalue weighted by Crippen LogP contribution is -2.63. The van der Waals surface area contributed by atoms with Gasteiger partial charge in [-0.25, -0.2) is 0 Å². The number of benzene rings is 1. The van der Waals surface area contributed by atoms with Gasteiger partial charge in [0.1, 0.15) is 11.7 Å². The van der Waals surface area contributed by atoms with Crippen LogP contribution in [0.15, 0.2) is 42.7 Å². The molecule has 4 nitrogen and oxygen atoms in total. The van der Waals surface area contributed by atoms with E-state index in [1.165, 1.54) is 5.56 Å². The topological polar surface area (TPSA) is 56.6 Å². The number of pyridine rings is 1. The Kier molecular flexibility index (Phi) is 6.38. The summed E-state index contributed by atoms with van der Waals surface area (Å²) in [4.78, 5) is 6.59. The van der Waals surface area contributed by atoms with Gasteiger partial charge in [0.05, 0.1) is 0 Å². The normalized spacial score (nSPS) is 19.0. The molecule has 3 rings (SSSR count). The van der Waals surface area contributed by atoms with Crippen LogP contribution in [0.4, 0.5) is 0 Å². The van der Waals surface area contributed by atoms with Crippen LogP contribution in [0.2, 0.25) is 0 Å². The van der Waals surface area contributed by atoms with Gasteiger partial charge >= 0.3 is 0 Å². The lowest BCUT2D eigenvalue weighted by Gasteiger charge is -2.55. The fourth-order valence-electron chi connectivity index (χ4n) is 4.38. The molecule has 1 aromatic heterocycles. The molecule has 1 aliphatic heterocycles. The molecule has 4 heteroatoms. The summed E-state index contributed by atoms with van der Waals surface area (Å²) >= 11 is 0. The third-order valence-electron chi connectivity index (χ3n) is 6.26. The van der Waals surface area contributed by atoms with Crippen LogP contribution in [0.3, 0.4) is 0 Å². The molecule has 0 aliphatic carbocycles. The first-order valence-electron chi connectivity index (χ1n) is 10.7. The number of likely N-dealkylation sites (tertiary alicyclic amines) is 1. The van der Waals surface area contributed by atoms with Crippen molar-refractivity contribution in [2.24, 2.45) is 11.3 Å². The van der Waals surface area contributed by atoms with Gasteiger partial charge < -0.3 is 15.1 Å². The Morgan fingerprint density at radius 2 is 1.70 bits per heavy atom. The molecule has 1 aromatic carbocycles. The van der Waals surface area contributed by atoms with Gasteiger partial charge in [0.15, 0.2) is 0 Å². The van der Waals surface area contributed by atoms with Crippen LogP contribution in [0.1, 0.15) is 62.8 Å². The average Bonchev–Trinajstić information content (AvgIpc) is 2.70. The summed E-state index contributed by atoms with van der Waals surface area (Å²) in [5.74, 6) is 6.41. The van der Waals surface area contributed by atoms with Gasteiger partial charge in [-0.1, -0.05) is 70.7 Å². The maximum absolute atomic E-state index is 12.2. The number of rotatable bonds is 5. The quantitative estimate of drug-likeness (QED) is 0.743. The highest BCUT2D eigenvalue weighted by molar-refractivity contribution is 5.44. The molecule has 1 fully saturated rings. The Morgan fingerprint density at radius 1 is 1.07 bits per heavy atom. The zero-order chi connectivity index (χ0) is 22.1. The molecule has 2 aromatic rings. The molecule has 2 N–H and O–H groups in total. The number of aliphatic hydroxyl groups is 2. The summed E-state index contributed by atoms with van der Waals surface area (Å²) in [6.07, 6.45) is 2.74. The van der Waals surface area contributed by atoms with Crippen molar-refractivity contribution < 1.29 is 10.2 Å². The van der Waals surface area contributed by atoms with Crippen molar-refractivity contribution in [3.63, 3.8) is 0 Å². The number of hydrogen-bond acceptors (Lipinski definition) is 4. The second-order valence-corrected chi connectivity index (χ2v) is 9.64. The highest BCUT2D eigenvalue weighted by Gasteiger charge is 2.55. The molecule has 0 amide bonds. The van der Waals surface area contributed by atoms with E-state index in [2.05, 4.69) is 61.7 Å². The lowest BCUT2D eigenvalue weighted by molar-refractivity contribution is -0.127. The van der Waals surface area contributed by atoms with Crippen molar-refractivity contribution in [2.45, 2.75) is 52.2 Å². The van der Waals surface area contributed by atoms with Crippen LogP contribution in [-0.2, 0) is 5.60 Å². The monoisotopic (exact) mass is 406 g/mol. The highest BCUT2D eigenvalue weighted by atomic mass is 16.3. The molecule has 160 valence electrons. The van der Waals surface area contributed by atoms with E-state index in [0.29, 0.717) is 11.5 Å². The Balaban J connectivity index is 2.07. The highest BCUT2D eigenvalue weighted by Crippen LogP contribution is 2.50. The minimum absolute atomic E-state index is 0.0643. The third kappa shape index (κ3) is 4.16. The minimum Gasteiger partial charge on any atom is -0.380 e. The fraction of sp³-hybridized carbons (Fsp3) is 0.500. The molecule has 1 unspecified atom stereocenters. The van der Waals surface area contributed by atoms with Crippen LogP contribution in [0, 0.1) is 23.2 Å². The van der Waals surface area contributed by atoms with E-state index in [9.17, 15) is 10.2 Å². The largest absolute Gasteiger partial charge is 0.380 e. The number of aromatic nitrogens is 1. The van der Waals surface area contributed by atoms with E-state index in [0.717, 1.165) is 24.2 Å². The summed E-state index contributed by atoms with van der Waals surface area (Å²) in [5, 5.41) is 22.2. The molecule has 30 heavy (non-hydrogen) atoms. The molecule has 0 bridgehead atoms. The Labute approximate surface area is 181 Å². The van der Waals surface area contributed by atoms with Crippen LogP contribution < -0.4 is 0 Å². The van der Waals surface area contributed by atoms with E-state index in [4.69, 9.17) is 0 Å². The number of hydrogen-bond donors (Lipinski definition) is 2. The van der Waals surface area contributed by atoms with E-state index < -0.39 is 11.7 Å².